The third kappa shape index (κ3) is 3.39. The Morgan fingerprint density at radius 3 is 2.65 bits per heavy atom. The van der Waals surface area contributed by atoms with Crippen LogP contribution in [0.25, 0.3) is 5.65 Å². The highest BCUT2D eigenvalue weighted by atomic mass is 35.5. The number of fused-ring (bicyclic) bond motifs is 1. The SMILES string of the molecule is CCc1nc2ccc(C)cn2c1C(=O)Nc1ccc(Cl)c(C(F)(F)F)c1. The second-order valence-corrected chi connectivity index (χ2v) is 6.25. The number of nitrogens with one attached hydrogen (secondary N) is 1. The van der Waals surface area contributed by atoms with Crippen molar-refractivity contribution in [2.24, 2.45) is 0 Å². The summed E-state index contributed by atoms with van der Waals surface area (Å²) in [5, 5.41) is 2.09. The van der Waals surface area contributed by atoms with Crippen molar-refractivity contribution in [2.75, 3.05) is 5.32 Å². The number of benzene rings is 1. The van der Waals surface area contributed by atoms with Gasteiger partial charge in [-0.15, -0.1) is 0 Å². The zero-order valence-corrected chi connectivity index (χ0v) is 14.7. The van der Waals surface area contributed by atoms with Gasteiger partial charge in [0.05, 0.1) is 16.3 Å². The molecule has 4 nitrogen and oxygen atoms in total. The van der Waals surface area contributed by atoms with E-state index in [0.29, 0.717) is 23.5 Å². The van der Waals surface area contributed by atoms with Gasteiger partial charge in [0.15, 0.2) is 0 Å². The Balaban J connectivity index is 2.01. The Hall–Kier alpha value is -2.54. The predicted octanol–water partition coefficient (Wildman–Crippen LogP) is 5.13. The van der Waals surface area contributed by atoms with E-state index < -0.39 is 22.7 Å². The largest absolute Gasteiger partial charge is 0.417 e. The quantitative estimate of drug-likeness (QED) is 0.683. The molecule has 0 unspecified atom stereocenters. The summed E-state index contributed by atoms with van der Waals surface area (Å²) < 4.78 is 40.6. The van der Waals surface area contributed by atoms with Gasteiger partial charge in [0.25, 0.3) is 5.91 Å². The van der Waals surface area contributed by atoms with Crippen LogP contribution in [0.3, 0.4) is 0 Å². The molecule has 0 aliphatic heterocycles. The highest BCUT2D eigenvalue weighted by Gasteiger charge is 2.33. The average molecular weight is 382 g/mol. The summed E-state index contributed by atoms with van der Waals surface area (Å²) in [6.07, 6.45) is -2.33. The number of carbonyl (C=O) groups is 1. The summed E-state index contributed by atoms with van der Waals surface area (Å²) in [6.45, 7) is 3.73. The Morgan fingerprint density at radius 2 is 2.00 bits per heavy atom. The van der Waals surface area contributed by atoms with E-state index in [4.69, 9.17) is 11.6 Å². The van der Waals surface area contributed by atoms with E-state index in [9.17, 15) is 18.0 Å². The van der Waals surface area contributed by atoms with Crippen LogP contribution in [-0.4, -0.2) is 15.3 Å². The van der Waals surface area contributed by atoms with Crippen LogP contribution in [0.15, 0.2) is 36.5 Å². The lowest BCUT2D eigenvalue weighted by Crippen LogP contribution is -2.17. The fourth-order valence-corrected chi connectivity index (χ4v) is 2.92. The van der Waals surface area contributed by atoms with Crippen LogP contribution in [0.5, 0.6) is 0 Å². The van der Waals surface area contributed by atoms with Gasteiger partial charge in [0, 0.05) is 11.9 Å². The molecule has 0 radical (unpaired) electrons. The molecule has 1 N–H and O–H groups in total. The van der Waals surface area contributed by atoms with Crippen LogP contribution < -0.4 is 5.32 Å². The number of nitrogens with zero attached hydrogens (tertiary/aromatic N) is 2. The van der Waals surface area contributed by atoms with Gasteiger partial charge in [-0.2, -0.15) is 13.2 Å². The van der Waals surface area contributed by atoms with Gasteiger partial charge in [-0.05, 0) is 43.2 Å². The van der Waals surface area contributed by atoms with Gasteiger partial charge in [0.2, 0.25) is 0 Å². The molecule has 3 aromatic rings. The minimum absolute atomic E-state index is 0.0105. The van der Waals surface area contributed by atoms with E-state index in [1.807, 2.05) is 19.9 Å². The summed E-state index contributed by atoms with van der Waals surface area (Å²) >= 11 is 5.61. The summed E-state index contributed by atoms with van der Waals surface area (Å²) in [5.74, 6) is -0.532. The van der Waals surface area contributed by atoms with E-state index >= 15 is 0 Å². The Bertz CT molecular complexity index is 995. The molecular formula is C18H15ClF3N3O. The third-order valence-electron chi connectivity index (χ3n) is 3.92. The van der Waals surface area contributed by atoms with Gasteiger partial charge in [-0.25, -0.2) is 4.98 Å². The lowest BCUT2D eigenvalue weighted by molar-refractivity contribution is -0.137. The topological polar surface area (TPSA) is 46.4 Å². The van der Waals surface area contributed by atoms with Gasteiger partial charge in [-0.1, -0.05) is 24.6 Å². The highest BCUT2D eigenvalue weighted by Crippen LogP contribution is 2.36. The lowest BCUT2D eigenvalue weighted by Gasteiger charge is -2.12. The molecule has 0 aliphatic rings. The maximum absolute atomic E-state index is 13.0. The maximum atomic E-state index is 13.0. The van der Waals surface area contributed by atoms with Crippen LogP contribution in [0.1, 0.15) is 34.2 Å². The van der Waals surface area contributed by atoms with Crippen molar-refractivity contribution in [3.05, 3.63) is 64.1 Å². The van der Waals surface area contributed by atoms with Crippen LogP contribution in [0.2, 0.25) is 5.02 Å². The van der Waals surface area contributed by atoms with Crippen LogP contribution >= 0.6 is 11.6 Å². The minimum Gasteiger partial charge on any atom is -0.321 e. The number of hydrogen-bond acceptors (Lipinski definition) is 2. The molecule has 0 atom stereocenters. The van der Waals surface area contributed by atoms with Crippen LogP contribution in [0, 0.1) is 6.92 Å². The Kier molecular flexibility index (Phi) is 4.66. The van der Waals surface area contributed by atoms with Gasteiger partial charge >= 0.3 is 6.18 Å². The number of amides is 1. The van der Waals surface area contributed by atoms with Crippen molar-refractivity contribution in [1.29, 1.82) is 0 Å². The Labute approximate surface area is 152 Å². The molecular weight excluding hydrogens is 367 g/mol. The minimum atomic E-state index is -4.60. The first-order valence-corrected chi connectivity index (χ1v) is 8.24. The molecule has 0 saturated carbocycles. The van der Waals surface area contributed by atoms with Gasteiger partial charge in [-0.3, -0.25) is 9.20 Å². The van der Waals surface area contributed by atoms with E-state index in [-0.39, 0.29) is 5.69 Å². The molecule has 0 bridgehead atoms. The molecule has 2 aromatic heterocycles. The number of aromatic nitrogens is 2. The molecule has 8 heteroatoms. The van der Waals surface area contributed by atoms with Crippen LogP contribution in [0.4, 0.5) is 18.9 Å². The zero-order valence-electron chi connectivity index (χ0n) is 14.0. The number of hydrogen-bond donors (Lipinski definition) is 1. The molecule has 1 aromatic carbocycles. The number of anilines is 1. The lowest BCUT2D eigenvalue weighted by atomic mass is 10.2. The first-order chi connectivity index (χ1) is 12.2. The predicted molar refractivity (Wildman–Crippen MR) is 93.7 cm³/mol. The molecule has 0 aliphatic carbocycles. The first kappa shape index (κ1) is 18.3. The van der Waals surface area contributed by atoms with Crippen molar-refractivity contribution in [3.8, 4) is 0 Å². The normalized spacial score (nSPS) is 11.8. The van der Waals surface area contributed by atoms with Crippen LogP contribution in [-0.2, 0) is 12.6 Å². The summed E-state index contributed by atoms with van der Waals surface area (Å²) in [4.78, 5) is 17.1. The van der Waals surface area contributed by atoms with Crippen molar-refractivity contribution >= 4 is 28.8 Å². The Morgan fingerprint density at radius 1 is 1.27 bits per heavy atom. The van der Waals surface area contributed by atoms with E-state index in [1.165, 1.54) is 6.07 Å². The molecule has 0 saturated heterocycles. The second kappa shape index (κ2) is 6.64. The van der Waals surface area contributed by atoms with Crippen molar-refractivity contribution in [2.45, 2.75) is 26.4 Å². The van der Waals surface area contributed by atoms with E-state index in [2.05, 4.69) is 10.3 Å². The average Bonchev–Trinajstić information content (AvgIpc) is 2.93. The fourth-order valence-electron chi connectivity index (χ4n) is 2.70. The summed E-state index contributed by atoms with van der Waals surface area (Å²) in [5.41, 5.74) is 1.41. The molecule has 0 fully saturated rings. The van der Waals surface area contributed by atoms with E-state index in [1.54, 1.807) is 16.7 Å². The van der Waals surface area contributed by atoms with E-state index in [0.717, 1.165) is 17.7 Å². The smallest absolute Gasteiger partial charge is 0.321 e. The second-order valence-electron chi connectivity index (χ2n) is 5.84. The number of aryl methyl sites for hydroxylation is 2. The number of pyridine rings is 1. The molecule has 1 amide bonds. The van der Waals surface area contributed by atoms with Crippen molar-refractivity contribution < 1.29 is 18.0 Å². The monoisotopic (exact) mass is 381 g/mol. The summed E-state index contributed by atoms with van der Waals surface area (Å²) in [6, 6.07) is 6.92. The molecule has 3 rings (SSSR count). The number of alkyl halides is 3. The standard InChI is InChI=1S/C18H15ClF3N3O/c1-3-14-16(25-9-10(2)4-7-15(25)24-14)17(26)23-11-5-6-13(19)12(8-11)18(20,21)22/h4-9H,3H2,1-2H3,(H,23,26). The molecule has 2 heterocycles. The number of halogens is 4. The molecule has 0 spiro atoms. The maximum Gasteiger partial charge on any atom is 0.417 e. The van der Waals surface area contributed by atoms with Gasteiger partial charge < -0.3 is 5.32 Å². The third-order valence-corrected chi connectivity index (χ3v) is 4.25. The number of imidazole rings is 1. The molecule has 26 heavy (non-hydrogen) atoms. The highest BCUT2D eigenvalue weighted by molar-refractivity contribution is 6.31. The van der Waals surface area contributed by atoms with Crippen molar-refractivity contribution in [1.82, 2.24) is 9.38 Å². The van der Waals surface area contributed by atoms with Crippen molar-refractivity contribution in [3.63, 3.8) is 0 Å². The van der Waals surface area contributed by atoms with Gasteiger partial charge in [0.1, 0.15) is 11.3 Å². The number of carbonyl (C=O) groups excluding carboxylic acids is 1. The molecule has 136 valence electrons. The summed E-state index contributed by atoms with van der Waals surface area (Å²) in [7, 11) is 0. The zero-order chi connectivity index (χ0) is 19.1. The first-order valence-electron chi connectivity index (χ1n) is 7.86. The number of rotatable bonds is 3. The fraction of sp³-hybridized carbons (Fsp3) is 0.222.